The van der Waals surface area contributed by atoms with Crippen LogP contribution in [0, 0.1) is 18.8 Å². The number of carbonyl (C=O) groups is 1. The van der Waals surface area contributed by atoms with E-state index in [1.165, 1.54) is 17.8 Å². The molecule has 2 aliphatic rings. The Kier molecular flexibility index (Phi) is 3.14. The van der Waals surface area contributed by atoms with Crippen LogP contribution < -0.4 is 0 Å². The normalized spacial score (nSPS) is 31.5. The minimum atomic E-state index is -0.673. The number of nitrogens with zero attached hydrogens (tertiary/aromatic N) is 2. The van der Waals surface area contributed by atoms with E-state index < -0.39 is 5.60 Å². The van der Waals surface area contributed by atoms with Gasteiger partial charge in [-0.15, -0.1) is 11.3 Å². The Bertz CT molecular complexity index is 497. The number of β-amino-alcohol motifs (C(OH)–C–C–N with tert-alkyl or cyclic N) is 1. The van der Waals surface area contributed by atoms with Gasteiger partial charge in [0.25, 0.3) is 5.91 Å². The third-order valence-corrected chi connectivity index (χ3v) is 5.62. The first kappa shape index (κ1) is 13.1. The lowest BCUT2D eigenvalue weighted by Gasteiger charge is -2.41. The first-order valence-electron chi connectivity index (χ1n) is 6.95. The van der Waals surface area contributed by atoms with Crippen molar-refractivity contribution in [2.45, 2.75) is 38.7 Å². The summed E-state index contributed by atoms with van der Waals surface area (Å²) in [7, 11) is 0. The highest BCUT2D eigenvalue weighted by molar-refractivity contribution is 7.13. The lowest BCUT2D eigenvalue weighted by Crippen LogP contribution is -2.48. The standard InChI is InChI=1S/C14H20N2O2S/c1-9-7-16(8-14(9,18)11-4-3-5-11)13(17)12-6-15-10(2)19-12/h6,9,11,18H,3-5,7-8H2,1-2H3/t9-,14+/m1/s1. The fraction of sp³-hybridized carbons (Fsp3) is 0.714. The number of hydrogen-bond acceptors (Lipinski definition) is 4. The summed E-state index contributed by atoms with van der Waals surface area (Å²) in [4.78, 5) is 19.0. The Morgan fingerprint density at radius 1 is 1.58 bits per heavy atom. The minimum absolute atomic E-state index is 0.0210. The third kappa shape index (κ3) is 2.09. The molecule has 1 N–H and O–H groups in total. The number of hydrogen-bond donors (Lipinski definition) is 1. The molecule has 104 valence electrons. The van der Waals surface area contributed by atoms with Crippen LogP contribution in [0.1, 0.15) is 40.9 Å². The van der Waals surface area contributed by atoms with Crippen LogP contribution in [0.25, 0.3) is 0 Å². The quantitative estimate of drug-likeness (QED) is 0.902. The van der Waals surface area contributed by atoms with Gasteiger partial charge in [0.15, 0.2) is 0 Å². The van der Waals surface area contributed by atoms with E-state index in [-0.39, 0.29) is 11.8 Å². The summed E-state index contributed by atoms with van der Waals surface area (Å²) < 4.78 is 0. The lowest BCUT2D eigenvalue weighted by molar-refractivity contribution is -0.0660. The van der Waals surface area contributed by atoms with Gasteiger partial charge in [-0.05, 0) is 25.7 Å². The number of likely N-dealkylation sites (tertiary alicyclic amines) is 1. The van der Waals surface area contributed by atoms with Gasteiger partial charge in [0.2, 0.25) is 0 Å². The molecule has 3 rings (SSSR count). The van der Waals surface area contributed by atoms with Crippen LogP contribution in [0.4, 0.5) is 0 Å². The van der Waals surface area contributed by atoms with Crippen LogP contribution in [0.3, 0.4) is 0 Å². The van der Waals surface area contributed by atoms with Crippen LogP contribution >= 0.6 is 11.3 Å². The number of carbonyl (C=O) groups excluding carboxylic acids is 1. The molecule has 1 aliphatic heterocycles. The van der Waals surface area contributed by atoms with Crippen molar-refractivity contribution in [3.63, 3.8) is 0 Å². The van der Waals surface area contributed by atoms with Crippen LogP contribution in [0.2, 0.25) is 0 Å². The highest BCUT2D eigenvalue weighted by Crippen LogP contribution is 2.44. The van der Waals surface area contributed by atoms with Gasteiger partial charge >= 0.3 is 0 Å². The van der Waals surface area contributed by atoms with Gasteiger partial charge in [0.05, 0.1) is 23.4 Å². The van der Waals surface area contributed by atoms with Crippen LogP contribution in [-0.2, 0) is 0 Å². The van der Waals surface area contributed by atoms with Gasteiger partial charge in [-0.25, -0.2) is 4.98 Å². The van der Waals surface area contributed by atoms with E-state index in [1.807, 2.05) is 6.92 Å². The zero-order valence-corrected chi connectivity index (χ0v) is 12.2. The summed E-state index contributed by atoms with van der Waals surface area (Å²) in [5.41, 5.74) is -0.673. The summed E-state index contributed by atoms with van der Waals surface area (Å²) >= 11 is 1.43. The fourth-order valence-electron chi connectivity index (χ4n) is 3.23. The molecule has 1 saturated heterocycles. The third-order valence-electron chi connectivity index (χ3n) is 4.72. The molecule has 1 aromatic heterocycles. The molecule has 1 amide bonds. The molecule has 0 unspecified atom stereocenters. The Balaban J connectivity index is 1.75. The Hall–Kier alpha value is -0.940. The first-order chi connectivity index (χ1) is 9.00. The topological polar surface area (TPSA) is 53.4 Å². The van der Waals surface area contributed by atoms with Crippen molar-refractivity contribution in [3.05, 3.63) is 16.1 Å². The molecule has 1 saturated carbocycles. The smallest absolute Gasteiger partial charge is 0.265 e. The molecule has 19 heavy (non-hydrogen) atoms. The molecule has 2 heterocycles. The molecule has 5 heteroatoms. The lowest BCUT2D eigenvalue weighted by atomic mass is 9.69. The number of amides is 1. The molecular weight excluding hydrogens is 260 g/mol. The monoisotopic (exact) mass is 280 g/mol. The summed E-state index contributed by atoms with van der Waals surface area (Å²) in [6.45, 7) is 5.10. The van der Waals surface area contributed by atoms with Gasteiger partial charge in [-0.3, -0.25) is 4.79 Å². The average molecular weight is 280 g/mol. The van der Waals surface area contributed by atoms with Crippen molar-refractivity contribution in [1.82, 2.24) is 9.88 Å². The molecular formula is C14H20N2O2S. The van der Waals surface area contributed by atoms with E-state index in [1.54, 1.807) is 11.1 Å². The van der Waals surface area contributed by atoms with Crippen molar-refractivity contribution >= 4 is 17.2 Å². The predicted molar refractivity (Wildman–Crippen MR) is 74.2 cm³/mol. The minimum Gasteiger partial charge on any atom is -0.387 e. The molecule has 0 bridgehead atoms. The van der Waals surface area contributed by atoms with E-state index in [2.05, 4.69) is 11.9 Å². The molecule has 2 fully saturated rings. The maximum atomic E-state index is 12.4. The summed E-state index contributed by atoms with van der Waals surface area (Å²) in [5, 5.41) is 11.8. The summed E-state index contributed by atoms with van der Waals surface area (Å²) in [6.07, 6.45) is 5.06. The number of aromatic nitrogens is 1. The molecule has 4 nitrogen and oxygen atoms in total. The second-order valence-corrected chi connectivity index (χ2v) is 7.18. The molecule has 0 radical (unpaired) electrons. The van der Waals surface area contributed by atoms with Crippen molar-refractivity contribution in [2.24, 2.45) is 11.8 Å². The Morgan fingerprint density at radius 3 is 2.84 bits per heavy atom. The average Bonchev–Trinajstić information content (AvgIpc) is 2.82. The number of rotatable bonds is 2. The van der Waals surface area contributed by atoms with Crippen LogP contribution in [0.5, 0.6) is 0 Å². The molecule has 1 aliphatic carbocycles. The zero-order valence-electron chi connectivity index (χ0n) is 11.4. The second-order valence-electron chi connectivity index (χ2n) is 5.95. The SMILES string of the molecule is Cc1ncc(C(=O)N2C[C@@H](C)[C@](O)(C3CCC3)C2)s1. The zero-order chi connectivity index (χ0) is 13.6. The highest BCUT2D eigenvalue weighted by atomic mass is 32.1. The largest absolute Gasteiger partial charge is 0.387 e. The number of aryl methyl sites for hydroxylation is 1. The van der Waals surface area contributed by atoms with Gasteiger partial charge < -0.3 is 10.0 Å². The number of thiazole rings is 1. The van der Waals surface area contributed by atoms with E-state index in [4.69, 9.17) is 0 Å². The fourth-order valence-corrected chi connectivity index (χ4v) is 3.97. The van der Waals surface area contributed by atoms with Crippen molar-refractivity contribution in [3.8, 4) is 0 Å². The maximum absolute atomic E-state index is 12.4. The molecule has 2 atom stereocenters. The van der Waals surface area contributed by atoms with Crippen LogP contribution in [0.15, 0.2) is 6.20 Å². The number of aliphatic hydroxyl groups is 1. The highest BCUT2D eigenvalue weighted by Gasteiger charge is 2.51. The Morgan fingerprint density at radius 2 is 2.32 bits per heavy atom. The molecule has 1 aromatic rings. The van der Waals surface area contributed by atoms with Crippen LogP contribution in [-0.4, -0.2) is 39.6 Å². The first-order valence-corrected chi connectivity index (χ1v) is 7.76. The molecule has 0 spiro atoms. The predicted octanol–water partition coefficient (Wildman–Crippen LogP) is 2.07. The van der Waals surface area contributed by atoms with Gasteiger partial charge in [0, 0.05) is 12.5 Å². The van der Waals surface area contributed by atoms with E-state index in [0.29, 0.717) is 23.9 Å². The van der Waals surface area contributed by atoms with E-state index in [9.17, 15) is 9.90 Å². The van der Waals surface area contributed by atoms with Crippen molar-refractivity contribution < 1.29 is 9.90 Å². The van der Waals surface area contributed by atoms with Crippen molar-refractivity contribution in [1.29, 1.82) is 0 Å². The Labute approximate surface area is 117 Å². The van der Waals surface area contributed by atoms with Gasteiger partial charge in [-0.2, -0.15) is 0 Å². The van der Waals surface area contributed by atoms with Crippen molar-refractivity contribution in [2.75, 3.05) is 13.1 Å². The summed E-state index contributed by atoms with van der Waals surface area (Å²) in [6, 6.07) is 0. The van der Waals surface area contributed by atoms with Gasteiger partial charge in [-0.1, -0.05) is 13.3 Å². The van der Waals surface area contributed by atoms with Gasteiger partial charge in [0.1, 0.15) is 4.88 Å². The molecule has 0 aromatic carbocycles. The van der Waals surface area contributed by atoms with E-state index in [0.717, 1.165) is 17.8 Å². The maximum Gasteiger partial charge on any atom is 0.265 e. The second kappa shape index (κ2) is 4.56. The summed E-state index contributed by atoms with van der Waals surface area (Å²) in [5.74, 6) is 0.562. The van der Waals surface area contributed by atoms with E-state index >= 15 is 0 Å².